The molecule has 0 unspecified atom stereocenters. The van der Waals surface area contributed by atoms with Gasteiger partial charge in [-0.05, 0) is 25.2 Å². The van der Waals surface area contributed by atoms with E-state index in [4.69, 9.17) is 10.2 Å². The van der Waals surface area contributed by atoms with E-state index in [1.807, 2.05) is 31.3 Å². The normalized spacial score (nSPS) is 10.8. The summed E-state index contributed by atoms with van der Waals surface area (Å²) in [7, 11) is 1.89. The number of nitrogen functional groups attached to an aromatic ring is 1. The fraction of sp³-hybridized carbons (Fsp3) is 0.200. The third-order valence-corrected chi connectivity index (χ3v) is 1.95. The minimum atomic E-state index is 0.734. The maximum atomic E-state index is 5.63. The van der Waals surface area contributed by atoms with Crippen LogP contribution in [0.1, 0.15) is 5.76 Å². The second-order valence-electron chi connectivity index (χ2n) is 3.04. The third-order valence-electron chi connectivity index (χ3n) is 1.95. The Labute approximate surface area is 76.5 Å². The second-order valence-corrected chi connectivity index (χ2v) is 3.04. The third kappa shape index (κ3) is 1.51. The molecule has 0 aliphatic rings. The van der Waals surface area contributed by atoms with Crippen LogP contribution in [-0.2, 0) is 6.54 Å². The van der Waals surface area contributed by atoms with Gasteiger partial charge in [-0.25, -0.2) is 0 Å². The molecule has 1 heterocycles. The highest BCUT2D eigenvalue weighted by atomic mass is 16.3. The number of nitrogens with two attached hydrogens (primary N) is 1. The van der Waals surface area contributed by atoms with Crippen molar-refractivity contribution in [2.75, 3.05) is 12.8 Å². The van der Waals surface area contributed by atoms with Crippen molar-refractivity contribution in [1.82, 2.24) is 5.32 Å². The van der Waals surface area contributed by atoms with Crippen molar-refractivity contribution in [2.24, 2.45) is 0 Å². The molecule has 0 fully saturated rings. The Morgan fingerprint density at radius 1 is 1.38 bits per heavy atom. The Balaban J connectivity index is 2.49. The lowest BCUT2D eigenvalue weighted by molar-refractivity contribution is 0.531. The van der Waals surface area contributed by atoms with Gasteiger partial charge in [-0.1, -0.05) is 0 Å². The predicted octanol–water partition coefficient (Wildman–Crippen LogP) is 1.73. The molecule has 2 rings (SSSR count). The second kappa shape index (κ2) is 3.11. The number of fused-ring (bicyclic) bond motifs is 1. The van der Waals surface area contributed by atoms with Gasteiger partial charge in [-0.15, -0.1) is 0 Å². The van der Waals surface area contributed by atoms with Crippen LogP contribution in [0, 0.1) is 0 Å². The monoisotopic (exact) mass is 176 g/mol. The molecule has 0 atom stereocenters. The maximum absolute atomic E-state index is 5.63. The molecule has 0 aliphatic heterocycles. The molecule has 0 saturated carbocycles. The van der Waals surface area contributed by atoms with E-state index in [1.54, 1.807) is 0 Å². The lowest BCUT2D eigenvalue weighted by Gasteiger charge is -1.91. The molecule has 0 radical (unpaired) electrons. The molecule has 68 valence electrons. The molecular weight excluding hydrogens is 164 g/mol. The molecule has 3 nitrogen and oxygen atoms in total. The summed E-state index contributed by atoms with van der Waals surface area (Å²) in [6.45, 7) is 0.745. The minimum absolute atomic E-state index is 0.734. The number of benzene rings is 1. The van der Waals surface area contributed by atoms with Crippen molar-refractivity contribution in [3.05, 3.63) is 30.0 Å². The molecular formula is C10H12N2O. The van der Waals surface area contributed by atoms with Gasteiger partial charge in [0.15, 0.2) is 0 Å². The number of nitrogens with one attached hydrogen (secondary N) is 1. The summed E-state index contributed by atoms with van der Waals surface area (Å²) in [6, 6.07) is 7.70. The van der Waals surface area contributed by atoms with Gasteiger partial charge in [0.05, 0.1) is 6.54 Å². The van der Waals surface area contributed by atoms with Crippen molar-refractivity contribution in [1.29, 1.82) is 0 Å². The summed E-state index contributed by atoms with van der Waals surface area (Å²) < 4.78 is 5.55. The molecule has 1 aromatic carbocycles. The smallest absolute Gasteiger partial charge is 0.136 e. The van der Waals surface area contributed by atoms with E-state index in [0.717, 1.165) is 29.0 Å². The molecule has 0 aliphatic carbocycles. The Kier molecular flexibility index (Phi) is 1.94. The molecule has 0 bridgehead atoms. The van der Waals surface area contributed by atoms with E-state index in [-0.39, 0.29) is 0 Å². The first-order valence-corrected chi connectivity index (χ1v) is 4.22. The van der Waals surface area contributed by atoms with Crippen LogP contribution in [0.4, 0.5) is 5.69 Å². The van der Waals surface area contributed by atoms with Gasteiger partial charge in [0.1, 0.15) is 11.3 Å². The molecule has 0 spiro atoms. The summed E-state index contributed by atoms with van der Waals surface area (Å²) >= 11 is 0. The first-order chi connectivity index (χ1) is 6.29. The lowest BCUT2D eigenvalue weighted by Crippen LogP contribution is -2.03. The van der Waals surface area contributed by atoms with Crippen LogP contribution in [0.5, 0.6) is 0 Å². The topological polar surface area (TPSA) is 51.2 Å². The first kappa shape index (κ1) is 8.13. The first-order valence-electron chi connectivity index (χ1n) is 4.22. The number of hydrogen-bond donors (Lipinski definition) is 2. The van der Waals surface area contributed by atoms with Gasteiger partial charge in [0.25, 0.3) is 0 Å². The van der Waals surface area contributed by atoms with Crippen LogP contribution < -0.4 is 11.1 Å². The van der Waals surface area contributed by atoms with Crippen LogP contribution in [0.25, 0.3) is 11.0 Å². The zero-order valence-corrected chi connectivity index (χ0v) is 7.50. The predicted molar refractivity (Wildman–Crippen MR) is 53.4 cm³/mol. The van der Waals surface area contributed by atoms with Crippen LogP contribution in [0.15, 0.2) is 28.7 Å². The van der Waals surface area contributed by atoms with Crippen LogP contribution in [0.2, 0.25) is 0 Å². The quantitative estimate of drug-likeness (QED) is 0.685. The molecule has 3 heteroatoms. The molecule has 3 N–H and O–H groups in total. The maximum Gasteiger partial charge on any atom is 0.136 e. The average Bonchev–Trinajstić information content (AvgIpc) is 2.46. The summed E-state index contributed by atoms with van der Waals surface area (Å²) in [4.78, 5) is 0. The Bertz CT molecular complexity index is 420. The molecule has 0 saturated heterocycles. The Hall–Kier alpha value is -1.48. The van der Waals surface area contributed by atoms with Gasteiger partial charge < -0.3 is 15.5 Å². The number of rotatable bonds is 2. The molecule has 13 heavy (non-hydrogen) atoms. The molecule has 2 aromatic rings. The van der Waals surface area contributed by atoms with E-state index < -0.39 is 0 Å². The standard InChI is InChI=1S/C10H12N2O/c1-12-6-9-4-7-2-3-8(11)5-10(7)13-9/h2-5,12H,6,11H2,1H3. The highest BCUT2D eigenvalue weighted by Crippen LogP contribution is 2.21. The van der Waals surface area contributed by atoms with Crippen LogP contribution in [-0.4, -0.2) is 7.05 Å². The highest BCUT2D eigenvalue weighted by molar-refractivity contribution is 5.81. The SMILES string of the molecule is CNCc1cc2ccc(N)cc2o1. The number of hydrogen-bond acceptors (Lipinski definition) is 3. The minimum Gasteiger partial charge on any atom is -0.460 e. The summed E-state index contributed by atoms with van der Waals surface area (Å²) in [5.41, 5.74) is 7.22. The average molecular weight is 176 g/mol. The van der Waals surface area contributed by atoms with Crippen LogP contribution >= 0.6 is 0 Å². The fourth-order valence-corrected chi connectivity index (χ4v) is 1.36. The van der Waals surface area contributed by atoms with Crippen LogP contribution in [0.3, 0.4) is 0 Å². The number of furan rings is 1. The number of anilines is 1. The fourth-order valence-electron chi connectivity index (χ4n) is 1.36. The largest absolute Gasteiger partial charge is 0.460 e. The van der Waals surface area contributed by atoms with Crippen molar-refractivity contribution >= 4 is 16.7 Å². The van der Waals surface area contributed by atoms with Crippen molar-refractivity contribution in [2.45, 2.75) is 6.54 Å². The zero-order chi connectivity index (χ0) is 9.26. The van der Waals surface area contributed by atoms with Gasteiger partial charge in [-0.3, -0.25) is 0 Å². The van der Waals surface area contributed by atoms with Crippen molar-refractivity contribution in [3.63, 3.8) is 0 Å². The Morgan fingerprint density at radius 2 is 2.23 bits per heavy atom. The van der Waals surface area contributed by atoms with E-state index >= 15 is 0 Å². The summed E-state index contributed by atoms with van der Waals surface area (Å²) in [5, 5.41) is 4.13. The van der Waals surface area contributed by atoms with E-state index in [9.17, 15) is 0 Å². The Morgan fingerprint density at radius 3 is 3.00 bits per heavy atom. The summed E-state index contributed by atoms with van der Waals surface area (Å²) in [6.07, 6.45) is 0. The summed E-state index contributed by atoms with van der Waals surface area (Å²) in [5.74, 6) is 0.933. The highest BCUT2D eigenvalue weighted by Gasteiger charge is 2.02. The van der Waals surface area contributed by atoms with E-state index in [1.165, 1.54) is 0 Å². The van der Waals surface area contributed by atoms with Gasteiger partial charge >= 0.3 is 0 Å². The van der Waals surface area contributed by atoms with E-state index in [2.05, 4.69) is 5.32 Å². The van der Waals surface area contributed by atoms with Gasteiger partial charge in [0.2, 0.25) is 0 Å². The van der Waals surface area contributed by atoms with Gasteiger partial charge in [0, 0.05) is 17.1 Å². The van der Waals surface area contributed by atoms with Gasteiger partial charge in [-0.2, -0.15) is 0 Å². The van der Waals surface area contributed by atoms with Crippen molar-refractivity contribution < 1.29 is 4.42 Å². The zero-order valence-electron chi connectivity index (χ0n) is 7.50. The molecule has 1 aromatic heterocycles. The van der Waals surface area contributed by atoms with E-state index in [0.29, 0.717) is 0 Å². The molecule has 0 amide bonds. The van der Waals surface area contributed by atoms with Crippen molar-refractivity contribution in [3.8, 4) is 0 Å². The lowest BCUT2D eigenvalue weighted by atomic mass is 10.2.